The maximum absolute atomic E-state index is 13.5. The van der Waals surface area contributed by atoms with Crippen molar-refractivity contribution < 1.29 is 29.2 Å². The lowest BCUT2D eigenvalue weighted by Crippen LogP contribution is -2.29. The smallest absolute Gasteiger partial charge is 0.350 e. The van der Waals surface area contributed by atoms with Crippen molar-refractivity contribution in [2.45, 2.75) is 19.9 Å². The van der Waals surface area contributed by atoms with Crippen molar-refractivity contribution in [1.82, 2.24) is 14.4 Å². The third-order valence-electron chi connectivity index (χ3n) is 6.30. The van der Waals surface area contributed by atoms with Crippen LogP contribution in [0.4, 0.5) is 10.8 Å². The van der Waals surface area contributed by atoms with E-state index in [1.165, 1.54) is 30.3 Å². The van der Waals surface area contributed by atoms with Crippen LogP contribution in [0.5, 0.6) is 0 Å². The minimum absolute atomic E-state index is 0.0161. The van der Waals surface area contributed by atoms with Crippen LogP contribution in [-0.4, -0.2) is 48.7 Å². The normalized spacial score (nSPS) is 16.4. The van der Waals surface area contributed by atoms with Crippen molar-refractivity contribution in [3.8, 4) is 0 Å². The highest BCUT2D eigenvalue weighted by Crippen LogP contribution is 2.44. The van der Waals surface area contributed by atoms with E-state index in [2.05, 4.69) is 16.5 Å². The zero-order valence-corrected chi connectivity index (χ0v) is 22.0. The first-order chi connectivity index (χ1) is 19.1. The minimum atomic E-state index is -1.21. The van der Waals surface area contributed by atoms with Gasteiger partial charge in [0.25, 0.3) is 11.5 Å². The van der Waals surface area contributed by atoms with Crippen LogP contribution in [0.25, 0.3) is 11.4 Å². The molecule has 40 heavy (non-hydrogen) atoms. The molecule has 1 aliphatic rings. The number of esters is 1. The molecule has 0 saturated carbocycles. The molecule has 13 heteroatoms. The van der Waals surface area contributed by atoms with Crippen LogP contribution in [0.3, 0.4) is 0 Å². The second-order valence-corrected chi connectivity index (χ2v) is 9.77. The highest BCUT2D eigenvalue weighted by molar-refractivity contribution is 7.17. The van der Waals surface area contributed by atoms with Crippen molar-refractivity contribution in [3.63, 3.8) is 0 Å². The lowest BCUT2D eigenvalue weighted by Gasteiger charge is -2.23. The van der Waals surface area contributed by atoms with Crippen LogP contribution in [0.15, 0.2) is 66.9 Å². The van der Waals surface area contributed by atoms with Crippen LogP contribution in [0.2, 0.25) is 0 Å². The number of fused-ring (bicyclic) bond motifs is 1. The van der Waals surface area contributed by atoms with Gasteiger partial charge in [0.05, 0.1) is 27.9 Å². The standard InChI is InChI=1S/C27H21N5O7S/c1-4-13-39-26(36)24-15(3)29-27(40-24)31-21(16-8-10-17(11-9-16)32(37)38)19(23(34)25(31)35)22(33)20-14(2)28-18-7-5-6-12-30(18)20/h4-12,21,33H,1,13H2,2-3H3. The number of pyridine rings is 1. The molecule has 5 rings (SSSR count). The Balaban J connectivity index is 1.72. The van der Waals surface area contributed by atoms with Gasteiger partial charge < -0.3 is 9.84 Å². The van der Waals surface area contributed by atoms with Gasteiger partial charge in [-0.25, -0.2) is 14.8 Å². The summed E-state index contributed by atoms with van der Waals surface area (Å²) in [5.74, 6) is -3.13. The number of imidazole rings is 1. The van der Waals surface area contributed by atoms with Gasteiger partial charge in [-0.1, -0.05) is 30.1 Å². The number of anilines is 1. The number of ether oxygens (including phenoxy) is 1. The number of non-ortho nitro benzene ring substituents is 1. The summed E-state index contributed by atoms with van der Waals surface area (Å²) >= 11 is 0.847. The van der Waals surface area contributed by atoms with Crippen molar-refractivity contribution in [2.75, 3.05) is 11.5 Å². The zero-order chi connectivity index (χ0) is 28.7. The van der Waals surface area contributed by atoms with Crippen molar-refractivity contribution in [2.24, 2.45) is 0 Å². The SMILES string of the molecule is C=CCOC(=O)c1sc(N2C(=O)C(=O)C(=C(O)c3c(C)nc4ccccn34)C2c2ccc([N+](=O)[O-])cc2)nc1C. The highest BCUT2D eigenvalue weighted by Gasteiger charge is 2.49. The molecule has 1 aliphatic heterocycles. The number of carbonyl (C=O) groups excluding carboxylic acids is 3. The fraction of sp³-hybridized carbons (Fsp3) is 0.148. The second-order valence-electron chi connectivity index (χ2n) is 8.79. The molecule has 4 heterocycles. The van der Waals surface area contributed by atoms with E-state index in [1.54, 1.807) is 42.6 Å². The van der Waals surface area contributed by atoms with Gasteiger partial charge in [-0.2, -0.15) is 0 Å². The molecular weight excluding hydrogens is 538 g/mol. The van der Waals surface area contributed by atoms with Crippen LogP contribution >= 0.6 is 11.3 Å². The fourth-order valence-electron chi connectivity index (χ4n) is 4.52. The number of nitrogens with zero attached hydrogens (tertiary/aromatic N) is 5. The molecule has 1 saturated heterocycles. The summed E-state index contributed by atoms with van der Waals surface area (Å²) in [6, 6.07) is 9.28. The molecule has 0 spiro atoms. The van der Waals surface area contributed by atoms with E-state index in [9.17, 15) is 29.6 Å². The fourth-order valence-corrected chi connectivity index (χ4v) is 5.51. The van der Waals surface area contributed by atoms with Crippen molar-refractivity contribution in [3.05, 3.63) is 105 Å². The Morgan fingerprint density at radius 3 is 2.58 bits per heavy atom. The largest absolute Gasteiger partial charge is 0.505 e. The Labute approximate surface area is 230 Å². The van der Waals surface area contributed by atoms with Gasteiger partial charge in [0.2, 0.25) is 0 Å². The number of aryl methyl sites for hydroxylation is 2. The molecule has 1 N–H and O–H groups in total. The van der Waals surface area contributed by atoms with Gasteiger partial charge in [-0.3, -0.25) is 29.0 Å². The molecule has 1 unspecified atom stereocenters. The molecule has 3 aromatic heterocycles. The summed E-state index contributed by atoms with van der Waals surface area (Å²) in [5.41, 5.74) is 1.27. The number of rotatable bonds is 7. The number of carbonyl (C=O) groups is 3. The molecule has 0 radical (unpaired) electrons. The number of ketones is 1. The minimum Gasteiger partial charge on any atom is -0.505 e. The number of aromatic nitrogens is 3. The van der Waals surface area contributed by atoms with Crippen LogP contribution in [0, 0.1) is 24.0 Å². The number of nitro groups is 1. The van der Waals surface area contributed by atoms with Gasteiger partial charge in [0, 0.05) is 18.3 Å². The van der Waals surface area contributed by atoms with Gasteiger partial charge in [0.1, 0.15) is 22.8 Å². The van der Waals surface area contributed by atoms with E-state index in [0.717, 1.165) is 16.2 Å². The number of aliphatic hydroxyl groups excluding tert-OH is 1. The Hall–Kier alpha value is -5.17. The first-order valence-corrected chi connectivity index (χ1v) is 12.7. The van der Waals surface area contributed by atoms with E-state index in [0.29, 0.717) is 16.9 Å². The first-order valence-electron chi connectivity index (χ1n) is 11.9. The van der Waals surface area contributed by atoms with Gasteiger partial charge in [-0.15, -0.1) is 0 Å². The summed E-state index contributed by atoms with van der Waals surface area (Å²) in [7, 11) is 0. The topological polar surface area (TPSA) is 157 Å². The molecule has 0 bridgehead atoms. The van der Waals surface area contributed by atoms with E-state index >= 15 is 0 Å². The van der Waals surface area contributed by atoms with E-state index in [4.69, 9.17) is 4.74 Å². The Kier molecular flexibility index (Phi) is 6.73. The number of Topliss-reactive ketones (excluding diaryl/α,β-unsaturated/α-hetero) is 1. The number of amides is 1. The van der Waals surface area contributed by atoms with Gasteiger partial charge in [-0.05, 0) is 43.7 Å². The average molecular weight is 560 g/mol. The average Bonchev–Trinajstić information content (AvgIpc) is 3.57. The maximum Gasteiger partial charge on any atom is 0.350 e. The third-order valence-corrected chi connectivity index (χ3v) is 7.44. The summed E-state index contributed by atoms with van der Waals surface area (Å²) in [6.45, 7) is 6.70. The van der Waals surface area contributed by atoms with Crippen LogP contribution in [-0.2, 0) is 14.3 Å². The number of nitro benzene ring substituents is 1. The van der Waals surface area contributed by atoms with E-state index in [-0.39, 0.29) is 39.3 Å². The molecule has 12 nitrogen and oxygen atoms in total. The molecule has 1 atom stereocenters. The zero-order valence-electron chi connectivity index (χ0n) is 21.2. The molecule has 0 aliphatic carbocycles. The third kappa shape index (κ3) is 4.31. The number of benzene rings is 1. The number of aliphatic hydroxyl groups is 1. The van der Waals surface area contributed by atoms with Gasteiger partial charge in [0.15, 0.2) is 10.9 Å². The molecular formula is C27H21N5O7S. The van der Waals surface area contributed by atoms with Crippen LogP contribution in [0.1, 0.15) is 38.4 Å². The Bertz CT molecular complexity index is 1750. The lowest BCUT2D eigenvalue weighted by molar-refractivity contribution is -0.384. The number of thiazole rings is 1. The van der Waals surface area contributed by atoms with Crippen molar-refractivity contribution >= 4 is 51.2 Å². The number of hydrogen-bond donors (Lipinski definition) is 1. The van der Waals surface area contributed by atoms with E-state index in [1.807, 2.05) is 0 Å². The molecule has 1 fully saturated rings. The van der Waals surface area contributed by atoms with E-state index < -0.39 is 34.4 Å². The molecule has 1 aromatic carbocycles. The quantitative estimate of drug-likeness (QED) is 0.0663. The van der Waals surface area contributed by atoms with Crippen LogP contribution < -0.4 is 4.90 Å². The van der Waals surface area contributed by atoms with Gasteiger partial charge >= 0.3 is 11.9 Å². The maximum atomic E-state index is 13.5. The monoisotopic (exact) mass is 559 g/mol. The Morgan fingerprint density at radius 1 is 1.18 bits per heavy atom. The Morgan fingerprint density at radius 2 is 1.90 bits per heavy atom. The predicted octanol–water partition coefficient (Wildman–Crippen LogP) is 4.28. The predicted molar refractivity (Wildman–Crippen MR) is 145 cm³/mol. The molecule has 4 aromatic rings. The first kappa shape index (κ1) is 26.4. The number of hydrogen-bond acceptors (Lipinski definition) is 10. The summed E-state index contributed by atoms with van der Waals surface area (Å²) in [4.78, 5) is 60.3. The highest BCUT2D eigenvalue weighted by atomic mass is 32.1. The molecule has 1 amide bonds. The lowest BCUT2D eigenvalue weighted by atomic mass is 9.96. The summed E-state index contributed by atoms with van der Waals surface area (Å²) < 4.78 is 6.70. The molecule has 202 valence electrons. The summed E-state index contributed by atoms with van der Waals surface area (Å²) in [5, 5.41) is 22.8. The summed E-state index contributed by atoms with van der Waals surface area (Å²) in [6.07, 6.45) is 3.07. The second kappa shape index (κ2) is 10.2. The van der Waals surface area contributed by atoms with Crippen molar-refractivity contribution in [1.29, 1.82) is 0 Å².